The average molecular weight is 204 g/mol. The fraction of sp³-hybridized carbons (Fsp3) is 0.714. The van der Waals surface area contributed by atoms with Crippen molar-refractivity contribution in [2.45, 2.75) is 45.6 Å². The van der Waals surface area contributed by atoms with E-state index in [9.17, 15) is 0 Å². The van der Waals surface area contributed by atoms with Crippen molar-refractivity contribution < 1.29 is 4.74 Å². The summed E-state index contributed by atoms with van der Waals surface area (Å²) in [4.78, 5) is 0. The summed E-state index contributed by atoms with van der Waals surface area (Å²) >= 11 is 0. The summed E-state index contributed by atoms with van der Waals surface area (Å²) in [7, 11) is 0. The Labute approximate surface area is 92.2 Å². The molecule has 1 heteroatoms. The minimum absolute atomic E-state index is 0.459. The minimum atomic E-state index is 0.459. The van der Waals surface area contributed by atoms with Gasteiger partial charge in [0.15, 0.2) is 0 Å². The molecule has 0 N–H and O–H groups in total. The van der Waals surface area contributed by atoms with Gasteiger partial charge in [-0.25, -0.2) is 0 Å². The van der Waals surface area contributed by atoms with Crippen LogP contribution in [0.5, 0.6) is 0 Å². The summed E-state index contributed by atoms with van der Waals surface area (Å²) < 4.78 is 6.22. The molecule has 2 aliphatic carbocycles. The van der Waals surface area contributed by atoms with Crippen LogP contribution < -0.4 is 0 Å². The van der Waals surface area contributed by atoms with Gasteiger partial charge in [-0.1, -0.05) is 26.0 Å². The molecule has 0 spiro atoms. The quantitative estimate of drug-likeness (QED) is 0.547. The molecule has 1 nitrogen and oxygen atoms in total. The largest absolute Gasteiger partial charge is 0.493 e. The van der Waals surface area contributed by atoms with E-state index < -0.39 is 0 Å². The van der Waals surface area contributed by atoms with Crippen LogP contribution in [0, 0.1) is 17.8 Å². The second-order valence-corrected chi connectivity index (χ2v) is 5.43. The Hall–Kier alpha value is -0.720. The van der Waals surface area contributed by atoms with Crippen LogP contribution in [0.4, 0.5) is 0 Å². The van der Waals surface area contributed by atoms with Crippen LogP contribution in [0.15, 0.2) is 23.5 Å². The molecule has 1 aliphatic heterocycles. The number of ether oxygens (including phenoxy) is 1. The molecular weight excluding hydrogens is 184 g/mol. The standard InChI is InChI=1S/C14H20O/c1-9-5-3-7-11-12-8-4-6-10(2)14(12)15-13(9)11/h3,7,9-11,13H,4-6,8H2,1-2H3. The normalized spacial score (nSPS) is 43.6. The van der Waals surface area contributed by atoms with E-state index in [2.05, 4.69) is 26.0 Å². The van der Waals surface area contributed by atoms with Crippen molar-refractivity contribution >= 4 is 0 Å². The Morgan fingerprint density at radius 2 is 2.20 bits per heavy atom. The maximum atomic E-state index is 6.22. The van der Waals surface area contributed by atoms with E-state index in [1.807, 2.05) is 0 Å². The first-order valence-corrected chi connectivity index (χ1v) is 6.33. The minimum Gasteiger partial charge on any atom is -0.493 e. The molecule has 0 fully saturated rings. The second-order valence-electron chi connectivity index (χ2n) is 5.43. The summed E-state index contributed by atoms with van der Waals surface area (Å²) in [6.45, 7) is 4.64. The number of fused-ring (bicyclic) bond motifs is 2. The molecule has 1 heterocycles. The zero-order valence-electron chi connectivity index (χ0n) is 9.70. The Morgan fingerprint density at radius 3 is 3.07 bits per heavy atom. The predicted molar refractivity (Wildman–Crippen MR) is 61.3 cm³/mol. The third-order valence-electron chi connectivity index (χ3n) is 4.28. The molecule has 0 bridgehead atoms. The Bertz CT molecular complexity index is 326. The molecule has 15 heavy (non-hydrogen) atoms. The zero-order chi connectivity index (χ0) is 10.4. The molecular formula is C14H20O. The van der Waals surface area contributed by atoms with Gasteiger partial charge in [0, 0.05) is 11.8 Å². The van der Waals surface area contributed by atoms with E-state index in [1.165, 1.54) is 31.4 Å². The van der Waals surface area contributed by atoms with Gasteiger partial charge in [0.05, 0.1) is 5.76 Å². The summed E-state index contributed by atoms with van der Waals surface area (Å²) in [5.74, 6) is 3.33. The highest BCUT2D eigenvalue weighted by atomic mass is 16.5. The van der Waals surface area contributed by atoms with Crippen LogP contribution in [0.2, 0.25) is 0 Å². The molecule has 3 aliphatic rings. The van der Waals surface area contributed by atoms with Crippen molar-refractivity contribution in [1.82, 2.24) is 0 Å². The summed E-state index contributed by atoms with van der Waals surface area (Å²) in [5.41, 5.74) is 1.63. The van der Waals surface area contributed by atoms with Gasteiger partial charge in [-0.05, 0) is 37.2 Å². The van der Waals surface area contributed by atoms with Crippen molar-refractivity contribution in [1.29, 1.82) is 0 Å². The predicted octanol–water partition coefficient (Wildman–Crippen LogP) is 3.67. The Balaban J connectivity index is 1.94. The third-order valence-corrected chi connectivity index (χ3v) is 4.28. The van der Waals surface area contributed by atoms with Crippen LogP contribution >= 0.6 is 0 Å². The summed E-state index contributed by atoms with van der Waals surface area (Å²) in [6, 6.07) is 0. The molecule has 0 saturated carbocycles. The molecule has 0 aromatic rings. The van der Waals surface area contributed by atoms with Gasteiger partial charge in [0.1, 0.15) is 6.10 Å². The smallest absolute Gasteiger partial charge is 0.111 e. The van der Waals surface area contributed by atoms with Crippen molar-refractivity contribution in [3.63, 3.8) is 0 Å². The first kappa shape index (κ1) is 9.50. The SMILES string of the molecule is CC1CCCC2=C1OC1C(C)CC=CC21. The molecule has 82 valence electrons. The lowest BCUT2D eigenvalue weighted by atomic mass is 9.78. The van der Waals surface area contributed by atoms with Crippen LogP contribution in [0.3, 0.4) is 0 Å². The lowest BCUT2D eigenvalue weighted by Gasteiger charge is -2.27. The van der Waals surface area contributed by atoms with Crippen LogP contribution in [-0.2, 0) is 4.74 Å². The van der Waals surface area contributed by atoms with E-state index >= 15 is 0 Å². The maximum absolute atomic E-state index is 6.22. The molecule has 0 amide bonds. The van der Waals surface area contributed by atoms with Gasteiger partial charge in [0.2, 0.25) is 0 Å². The van der Waals surface area contributed by atoms with E-state index in [0.29, 0.717) is 23.9 Å². The molecule has 0 radical (unpaired) electrons. The van der Waals surface area contributed by atoms with Crippen LogP contribution in [0.25, 0.3) is 0 Å². The first-order chi connectivity index (χ1) is 7.27. The van der Waals surface area contributed by atoms with Crippen molar-refractivity contribution in [3.8, 4) is 0 Å². The second kappa shape index (κ2) is 3.40. The number of rotatable bonds is 0. The molecule has 0 aromatic heterocycles. The van der Waals surface area contributed by atoms with Crippen molar-refractivity contribution in [2.75, 3.05) is 0 Å². The molecule has 4 unspecified atom stereocenters. The highest BCUT2D eigenvalue weighted by Crippen LogP contribution is 2.47. The Morgan fingerprint density at radius 1 is 1.33 bits per heavy atom. The Kier molecular flexibility index (Phi) is 2.15. The van der Waals surface area contributed by atoms with E-state index in [0.717, 1.165) is 0 Å². The topological polar surface area (TPSA) is 9.23 Å². The fourth-order valence-corrected chi connectivity index (χ4v) is 3.38. The molecule has 3 rings (SSSR count). The highest BCUT2D eigenvalue weighted by molar-refractivity contribution is 5.29. The van der Waals surface area contributed by atoms with Gasteiger partial charge < -0.3 is 4.74 Å². The molecule has 0 aromatic carbocycles. The lowest BCUT2D eigenvalue weighted by molar-refractivity contribution is 0.0589. The first-order valence-electron chi connectivity index (χ1n) is 6.33. The van der Waals surface area contributed by atoms with Crippen LogP contribution in [-0.4, -0.2) is 6.10 Å². The van der Waals surface area contributed by atoms with Gasteiger partial charge in [0.25, 0.3) is 0 Å². The van der Waals surface area contributed by atoms with Gasteiger partial charge in [-0.2, -0.15) is 0 Å². The number of hydrogen-bond donors (Lipinski definition) is 0. The van der Waals surface area contributed by atoms with Gasteiger partial charge >= 0.3 is 0 Å². The van der Waals surface area contributed by atoms with Crippen molar-refractivity contribution in [3.05, 3.63) is 23.5 Å². The van der Waals surface area contributed by atoms with E-state index in [4.69, 9.17) is 4.74 Å². The van der Waals surface area contributed by atoms with E-state index in [-0.39, 0.29) is 0 Å². The number of allylic oxidation sites excluding steroid dienone is 2. The van der Waals surface area contributed by atoms with Crippen molar-refractivity contribution in [2.24, 2.45) is 17.8 Å². The summed E-state index contributed by atoms with van der Waals surface area (Å²) in [6.07, 6.45) is 10.3. The third kappa shape index (κ3) is 1.36. The van der Waals surface area contributed by atoms with Crippen LogP contribution in [0.1, 0.15) is 39.5 Å². The average Bonchev–Trinajstić information content (AvgIpc) is 2.60. The lowest BCUT2D eigenvalue weighted by Crippen LogP contribution is -2.27. The maximum Gasteiger partial charge on any atom is 0.111 e. The van der Waals surface area contributed by atoms with Gasteiger partial charge in [-0.15, -0.1) is 0 Å². The van der Waals surface area contributed by atoms with Gasteiger partial charge in [-0.3, -0.25) is 0 Å². The molecule has 4 atom stereocenters. The fourth-order valence-electron chi connectivity index (χ4n) is 3.38. The van der Waals surface area contributed by atoms with E-state index in [1.54, 1.807) is 5.57 Å². The zero-order valence-corrected chi connectivity index (χ0v) is 9.70. The summed E-state index contributed by atoms with van der Waals surface area (Å²) in [5, 5.41) is 0. The molecule has 0 saturated heterocycles. The highest BCUT2D eigenvalue weighted by Gasteiger charge is 2.41. The number of hydrogen-bond acceptors (Lipinski definition) is 1. The monoisotopic (exact) mass is 204 g/mol.